The fourth-order valence-electron chi connectivity index (χ4n) is 1.42. The van der Waals surface area contributed by atoms with E-state index in [0.29, 0.717) is 0 Å². The van der Waals surface area contributed by atoms with Gasteiger partial charge < -0.3 is 10.2 Å². The minimum absolute atomic E-state index is 0.191. The second-order valence-corrected chi connectivity index (χ2v) is 4.12. The van der Waals surface area contributed by atoms with Crippen LogP contribution in [0.25, 0.3) is 0 Å². The summed E-state index contributed by atoms with van der Waals surface area (Å²) < 4.78 is 36.3. The van der Waals surface area contributed by atoms with Crippen LogP contribution in [-0.4, -0.2) is 43.0 Å². The summed E-state index contributed by atoms with van der Waals surface area (Å²) in [6.07, 6.45) is -3.33. The Hall–Kier alpha value is -1.53. The number of amides is 2. The molecular weight excluding hydrogens is 249 g/mol. The minimum atomic E-state index is -4.95. The molecule has 2 atom stereocenters. The topological polar surface area (TPSA) is 49.4 Å². The van der Waals surface area contributed by atoms with Crippen molar-refractivity contribution in [1.29, 1.82) is 0 Å². The van der Waals surface area contributed by atoms with Crippen LogP contribution < -0.4 is 5.32 Å². The Bertz CT molecular complexity index is 327. The maximum absolute atomic E-state index is 12.1. The van der Waals surface area contributed by atoms with Crippen LogP contribution in [-0.2, 0) is 9.59 Å². The lowest BCUT2D eigenvalue weighted by molar-refractivity contribution is -0.174. The van der Waals surface area contributed by atoms with Gasteiger partial charge in [0.1, 0.15) is 0 Å². The van der Waals surface area contributed by atoms with E-state index < -0.39 is 24.0 Å². The van der Waals surface area contributed by atoms with Crippen molar-refractivity contribution in [3.05, 3.63) is 12.7 Å². The molecule has 0 heterocycles. The summed E-state index contributed by atoms with van der Waals surface area (Å²) >= 11 is 0. The van der Waals surface area contributed by atoms with Gasteiger partial charge in [0.2, 0.25) is 5.91 Å². The first-order valence-corrected chi connectivity index (χ1v) is 5.31. The van der Waals surface area contributed by atoms with Crippen molar-refractivity contribution in [2.45, 2.75) is 25.6 Å². The number of hydrogen-bond donors (Lipinski definition) is 1. The third-order valence-electron chi connectivity index (χ3n) is 2.40. The Morgan fingerprint density at radius 2 is 1.89 bits per heavy atom. The lowest BCUT2D eigenvalue weighted by atomic mass is 9.96. The zero-order valence-electron chi connectivity index (χ0n) is 10.5. The molecular formula is C11H17F3N2O2. The molecule has 18 heavy (non-hydrogen) atoms. The minimum Gasteiger partial charge on any atom is -0.349 e. The molecule has 0 saturated heterocycles. The second kappa shape index (κ2) is 6.42. The smallest absolute Gasteiger partial charge is 0.349 e. The molecule has 0 rings (SSSR count). The first-order valence-electron chi connectivity index (χ1n) is 5.31. The molecule has 0 aliphatic heterocycles. The summed E-state index contributed by atoms with van der Waals surface area (Å²) in [7, 11) is 2.99. The molecule has 0 spiro atoms. The predicted molar refractivity (Wildman–Crippen MR) is 60.7 cm³/mol. The van der Waals surface area contributed by atoms with Gasteiger partial charge in [-0.05, 0) is 13.3 Å². The van der Waals surface area contributed by atoms with Gasteiger partial charge in [0.05, 0.1) is 5.92 Å². The second-order valence-electron chi connectivity index (χ2n) is 4.12. The van der Waals surface area contributed by atoms with Crippen molar-refractivity contribution < 1.29 is 22.8 Å². The molecule has 0 aromatic rings. The van der Waals surface area contributed by atoms with Gasteiger partial charge in [-0.3, -0.25) is 9.59 Å². The maximum atomic E-state index is 12.1. The molecule has 0 saturated carbocycles. The first-order chi connectivity index (χ1) is 8.11. The number of nitrogens with zero attached hydrogens (tertiary/aromatic N) is 1. The molecule has 0 fully saturated rings. The molecule has 7 heteroatoms. The lowest BCUT2D eigenvalue weighted by Gasteiger charge is -2.26. The maximum Gasteiger partial charge on any atom is 0.471 e. The van der Waals surface area contributed by atoms with Crippen molar-refractivity contribution >= 4 is 11.8 Å². The third-order valence-corrected chi connectivity index (χ3v) is 2.40. The van der Waals surface area contributed by atoms with Crippen molar-refractivity contribution in [1.82, 2.24) is 10.2 Å². The summed E-state index contributed by atoms with van der Waals surface area (Å²) in [5.41, 5.74) is 0. The highest BCUT2D eigenvalue weighted by Gasteiger charge is 2.40. The van der Waals surface area contributed by atoms with E-state index in [-0.39, 0.29) is 12.3 Å². The van der Waals surface area contributed by atoms with Gasteiger partial charge in [-0.2, -0.15) is 13.2 Å². The van der Waals surface area contributed by atoms with E-state index in [1.165, 1.54) is 32.0 Å². The number of halogens is 3. The van der Waals surface area contributed by atoms with Crippen LogP contribution in [0, 0.1) is 5.92 Å². The van der Waals surface area contributed by atoms with E-state index in [0.717, 1.165) is 0 Å². The predicted octanol–water partition coefficient (Wildman–Crippen LogP) is 1.33. The van der Waals surface area contributed by atoms with Crippen molar-refractivity contribution in [3.63, 3.8) is 0 Å². The fourth-order valence-corrected chi connectivity index (χ4v) is 1.42. The van der Waals surface area contributed by atoms with E-state index >= 15 is 0 Å². The van der Waals surface area contributed by atoms with Gasteiger partial charge in [-0.25, -0.2) is 0 Å². The highest BCUT2D eigenvalue weighted by Crippen LogP contribution is 2.17. The van der Waals surface area contributed by atoms with Crippen molar-refractivity contribution in [3.8, 4) is 0 Å². The Balaban J connectivity index is 4.78. The van der Waals surface area contributed by atoms with Crippen LogP contribution >= 0.6 is 0 Å². The number of alkyl halides is 3. The summed E-state index contributed by atoms with van der Waals surface area (Å²) in [5, 5.41) is 1.78. The monoisotopic (exact) mass is 266 g/mol. The van der Waals surface area contributed by atoms with Crippen molar-refractivity contribution in [2.24, 2.45) is 5.92 Å². The van der Waals surface area contributed by atoms with E-state index in [1.54, 1.807) is 5.32 Å². The van der Waals surface area contributed by atoms with Gasteiger partial charge in [0, 0.05) is 20.1 Å². The standard InChI is InChI=1S/C11H17F3N2O2/c1-5-6-8(9(17)16(3)4)7(2)15-10(18)11(12,13)14/h5,7-8H,1,6H2,2-4H3,(H,15,18)/t7-,8-/m0/s1. The molecule has 0 aromatic carbocycles. The largest absolute Gasteiger partial charge is 0.471 e. The van der Waals surface area contributed by atoms with Crippen LogP contribution in [0.2, 0.25) is 0 Å². The molecule has 0 aliphatic carbocycles. The number of carbonyl (C=O) groups is 2. The zero-order valence-corrected chi connectivity index (χ0v) is 10.5. The molecule has 4 nitrogen and oxygen atoms in total. The molecule has 0 bridgehead atoms. The Kier molecular flexibility index (Phi) is 5.87. The average molecular weight is 266 g/mol. The van der Waals surface area contributed by atoms with Crippen LogP contribution in [0.4, 0.5) is 13.2 Å². The Labute approximate surface area is 104 Å². The van der Waals surface area contributed by atoms with Crippen LogP contribution in [0.3, 0.4) is 0 Å². The van der Waals surface area contributed by atoms with E-state index in [9.17, 15) is 22.8 Å². The zero-order chi connectivity index (χ0) is 14.5. The highest BCUT2D eigenvalue weighted by atomic mass is 19.4. The number of hydrogen-bond acceptors (Lipinski definition) is 2. The fraction of sp³-hybridized carbons (Fsp3) is 0.636. The van der Waals surface area contributed by atoms with E-state index in [1.807, 2.05) is 0 Å². The Morgan fingerprint density at radius 1 is 1.39 bits per heavy atom. The van der Waals surface area contributed by atoms with Gasteiger partial charge in [-0.1, -0.05) is 6.08 Å². The molecule has 104 valence electrons. The van der Waals surface area contributed by atoms with Gasteiger partial charge >= 0.3 is 12.1 Å². The van der Waals surface area contributed by atoms with Gasteiger partial charge in [0.15, 0.2) is 0 Å². The van der Waals surface area contributed by atoms with Crippen LogP contribution in [0.1, 0.15) is 13.3 Å². The molecule has 0 radical (unpaired) electrons. The van der Waals surface area contributed by atoms with E-state index in [2.05, 4.69) is 6.58 Å². The summed E-state index contributed by atoms with van der Waals surface area (Å²) in [4.78, 5) is 23.8. The van der Waals surface area contributed by atoms with Crippen molar-refractivity contribution in [2.75, 3.05) is 14.1 Å². The summed E-state index contributed by atoms with van der Waals surface area (Å²) in [5.74, 6) is -3.16. The van der Waals surface area contributed by atoms with E-state index in [4.69, 9.17) is 0 Å². The normalized spacial score (nSPS) is 14.6. The number of allylic oxidation sites excluding steroid dienone is 1. The van der Waals surface area contributed by atoms with Gasteiger partial charge in [-0.15, -0.1) is 6.58 Å². The van der Waals surface area contributed by atoms with Crippen LogP contribution in [0.15, 0.2) is 12.7 Å². The molecule has 1 N–H and O–H groups in total. The lowest BCUT2D eigenvalue weighted by Crippen LogP contribution is -2.48. The highest BCUT2D eigenvalue weighted by molar-refractivity contribution is 5.84. The number of rotatable bonds is 5. The summed E-state index contributed by atoms with van der Waals surface area (Å²) in [6, 6.07) is -0.924. The number of nitrogens with one attached hydrogen (secondary N) is 1. The van der Waals surface area contributed by atoms with Gasteiger partial charge in [0.25, 0.3) is 0 Å². The quantitative estimate of drug-likeness (QED) is 0.763. The van der Waals surface area contributed by atoms with Crippen LogP contribution in [0.5, 0.6) is 0 Å². The summed E-state index contributed by atoms with van der Waals surface area (Å²) in [6.45, 7) is 4.81. The molecule has 2 amide bonds. The molecule has 0 unspecified atom stereocenters. The first kappa shape index (κ1) is 16.5. The average Bonchev–Trinajstić information content (AvgIpc) is 2.23. The Morgan fingerprint density at radius 3 is 2.22 bits per heavy atom. The molecule has 0 aliphatic rings. The SMILES string of the molecule is C=CC[C@H](C(=O)N(C)C)[C@H](C)NC(=O)C(F)(F)F. The third kappa shape index (κ3) is 4.77. The molecule has 0 aromatic heterocycles. The number of carbonyl (C=O) groups excluding carboxylic acids is 2.